The first-order valence-electron chi connectivity index (χ1n) is 34.7. The van der Waals surface area contributed by atoms with Gasteiger partial charge >= 0.3 is 11.9 Å². The third-order valence-electron chi connectivity index (χ3n) is 16.1. The average molecular weight is 1070 g/mol. The molecule has 0 saturated heterocycles. The first kappa shape index (κ1) is 74.4. The highest BCUT2D eigenvalue weighted by atomic mass is 16.6. The van der Waals surface area contributed by atoms with Crippen LogP contribution in [-0.2, 0) is 28.6 Å². The highest BCUT2D eigenvalue weighted by molar-refractivity contribution is 5.76. The van der Waals surface area contributed by atoms with E-state index in [1.54, 1.807) is 4.90 Å². The van der Waals surface area contributed by atoms with Crippen LogP contribution in [0, 0.1) is 0 Å². The third-order valence-corrected chi connectivity index (χ3v) is 16.1. The summed E-state index contributed by atoms with van der Waals surface area (Å²) in [5.41, 5.74) is 0. The third kappa shape index (κ3) is 58.5. The van der Waals surface area contributed by atoms with Crippen LogP contribution < -0.4 is 0 Å². The number of nitrogens with zero attached hydrogens (tertiary/aromatic N) is 1. The molecule has 0 aliphatic heterocycles. The van der Waals surface area contributed by atoms with Crippen LogP contribution in [0.3, 0.4) is 0 Å². The maximum absolute atomic E-state index is 14.0. The molecule has 0 aliphatic rings. The Bertz CT molecular complexity index is 1160. The minimum absolute atomic E-state index is 0.0557. The molecule has 0 heterocycles. The summed E-state index contributed by atoms with van der Waals surface area (Å²) in [4.78, 5) is 42.1. The van der Waals surface area contributed by atoms with Gasteiger partial charge in [0.2, 0.25) is 5.91 Å². The molecule has 7 heteroatoms. The predicted octanol–water partition coefficient (Wildman–Crippen LogP) is 22.2. The number of ether oxygens (including phenoxy) is 3. The van der Waals surface area contributed by atoms with Crippen molar-refractivity contribution in [1.29, 1.82) is 0 Å². The number of unbranched alkanes of at least 4 members (excludes halogenated alkanes) is 49. The summed E-state index contributed by atoms with van der Waals surface area (Å²) in [6.45, 7) is 10.8. The van der Waals surface area contributed by atoms with Crippen molar-refractivity contribution in [3.8, 4) is 0 Å². The molecule has 0 rings (SSSR count). The number of carbonyl (C=O) groups is 3. The van der Waals surface area contributed by atoms with E-state index in [0.29, 0.717) is 32.4 Å². The number of hydrogen-bond acceptors (Lipinski definition) is 6. The maximum Gasteiger partial charge on any atom is 0.306 e. The molecule has 76 heavy (non-hydrogen) atoms. The van der Waals surface area contributed by atoms with E-state index in [0.717, 1.165) is 64.2 Å². The maximum atomic E-state index is 14.0. The summed E-state index contributed by atoms with van der Waals surface area (Å²) in [5, 5.41) is 0. The second-order valence-corrected chi connectivity index (χ2v) is 23.8. The zero-order valence-corrected chi connectivity index (χ0v) is 52.1. The van der Waals surface area contributed by atoms with Gasteiger partial charge in [-0.25, -0.2) is 0 Å². The Kier molecular flexibility index (Phi) is 62.8. The van der Waals surface area contributed by atoms with Crippen molar-refractivity contribution >= 4 is 17.8 Å². The molecule has 0 aromatic heterocycles. The van der Waals surface area contributed by atoms with E-state index in [1.807, 2.05) is 0 Å². The fourth-order valence-electron chi connectivity index (χ4n) is 10.9. The molecule has 1 unspecified atom stereocenters. The van der Waals surface area contributed by atoms with Crippen molar-refractivity contribution in [3.63, 3.8) is 0 Å². The molecule has 0 bridgehead atoms. The fraction of sp³-hybridized carbons (Fsp3) is 0.957. The van der Waals surface area contributed by atoms with E-state index >= 15 is 0 Å². The first-order valence-corrected chi connectivity index (χ1v) is 34.7. The number of carbonyl (C=O) groups excluding carboxylic acids is 3. The lowest BCUT2D eigenvalue weighted by Gasteiger charge is -2.28. The van der Waals surface area contributed by atoms with Crippen LogP contribution in [-0.4, -0.2) is 61.8 Å². The van der Waals surface area contributed by atoms with Crippen LogP contribution in [0.25, 0.3) is 0 Å². The molecular formula is C69H135NO6. The van der Waals surface area contributed by atoms with Crippen molar-refractivity contribution in [2.75, 3.05) is 32.9 Å². The second-order valence-electron chi connectivity index (χ2n) is 23.8. The fourth-order valence-corrected chi connectivity index (χ4v) is 10.9. The molecule has 0 N–H and O–H groups in total. The smallest absolute Gasteiger partial charge is 0.306 e. The van der Waals surface area contributed by atoms with Crippen LogP contribution in [0.15, 0.2) is 0 Å². The molecule has 0 aliphatic carbocycles. The minimum Gasteiger partial charge on any atom is -0.464 e. The molecule has 7 nitrogen and oxygen atoms in total. The standard InChI is InChI=1S/C69H135NO6/c1-5-9-13-17-21-25-29-33-37-41-45-49-53-57-62-74-65-66(76-69(73)60-56-52-48-44-40-36-32-28-24-20-16-12-8-4)64-70(67(71)58-54-50-46-42-38-34-30-26-22-18-14-10-6-2)61-63-75-68(72)59-55-51-47-43-39-35-31-27-23-19-15-11-7-3/h66H,5-65H2,1-4H3. The average Bonchev–Trinajstić information content (AvgIpc) is 3.41. The lowest BCUT2D eigenvalue weighted by Crippen LogP contribution is -2.43. The zero-order chi connectivity index (χ0) is 55.1. The van der Waals surface area contributed by atoms with Gasteiger partial charge in [-0.15, -0.1) is 0 Å². The molecule has 0 spiro atoms. The van der Waals surface area contributed by atoms with Gasteiger partial charge in [0.15, 0.2) is 0 Å². The zero-order valence-electron chi connectivity index (χ0n) is 52.1. The van der Waals surface area contributed by atoms with Gasteiger partial charge in [-0.2, -0.15) is 0 Å². The van der Waals surface area contributed by atoms with Gasteiger partial charge in [-0.05, 0) is 25.7 Å². The summed E-state index contributed by atoms with van der Waals surface area (Å²) in [6.07, 6.45) is 68.6. The lowest BCUT2D eigenvalue weighted by molar-refractivity contribution is -0.156. The molecular weight excluding hydrogens is 939 g/mol. The van der Waals surface area contributed by atoms with Gasteiger partial charge in [0.25, 0.3) is 0 Å². The molecule has 452 valence electrons. The van der Waals surface area contributed by atoms with Gasteiger partial charge in [0, 0.05) is 25.9 Å². The molecule has 0 radical (unpaired) electrons. The highest BCUT2D eigenvalue weighted by Crippen LogP contribution is 2.19. The van der Waals surface area contributed by atoms with Crippen LogP contribution in [0.4, 0.5) is 0 Å². The van der Waals surface area contributed by atoms with E-state index in [9.17, 15) is 14.4 Å². The highest BCUT2D eigenvalue weighted by Gasteiger charge is 2.23. The summed E-state index contributed by atoms with van der Waals surface area (Å²) in [6, 6.07) is 0. The van der Waals surface area contributed by atoms with Gasteiger partial charge < -0.3 is 19.1 Å². The van der Waals surface area contributed by atoms with E-state index in [1.165, 1.54) is 276 Å². The summed E-state index contributed by atoms with van der Waals surface area (Å²) < 4.78 is 18.2. The Hall–Kier alpha value is -1.63. The van der Waals surface area contributed by atoms with Crippen molar-refractivity contribution in [3.05, 3.63) is 0 Å². The van der Waals surface area contributed by atoms with Crippen molar-refractivity contribution < 1.29 is 28.6 Å². The Morgan fingerprint density at radius 3 is 0.882 bits per heavy atom. The molecule has 1 atom stereocenters. The van der Waals surface area contributed by atoms with Gasteiger partial charge in [0.1, 0.15) is 12.7 Å². The molecule has 1 amide bonds. The second kappa shape index (κ2) is 64.2. The molecule has 0 aromatic carbocycles. The molecule has 0 saturated carbocycles. The lowest BCUT2D eigenvalue weighted by atomic mass is 10.0. The monoisotopic (exact) mass is 1070 g/mol. The van der Waals surface area contributed by atoms with Gasteiger partial charge in [-0.3, -0.25) is 14.4 Å². The Labute approximate surface area is 475 Å². The van der Waals surface area contributed by atoms with Crippen LogP contribution in [0.2, 0.25) is 0 Å². The van der Waals surface area contributed by atoms with Crippen molar-refractivity contribution in [1.82, 2.24) is 4.90 Å². The molecule has 0 aromatic rings. The Morgan fingerprint density at radius 1 is 0.303 bits per heavy atom. The Morgan fingerprint density at radius 2 is 0.566 bits per heavy atom. The largest absolute Gasteiger partial charge is 0.464 e. The van der Waals surface area contributed by atoms with E-state index < -0.39 is 6.10 Å². The van der Waals surface area contributed by atoms with Crippen molar-refractivity contribution in [2.24, 2.45) is 0 Å². The minimum atomic E-state index is -0.543. The van der Waals surface area contributed by atoms with E-state index in [2.05, 4.69) is 27.7 Å². The number of esters is 2. The van der Waals surface area contributed by atoms with Crippen LogP contribution in [0.5, 0.6) is 0 Å². The number of hydrogen-bond donors (Lipinski definition) is 0. The Balaban J connectivity index is 5.19. The normalized spacial score (nSPS) is 11.9. The number of amides is 1. The summed E-state index contributed by atoms with van der Waals surface area (Å²) in [5.74, 6) is -0.314. The topological polar surface area (TPSA) is 82.1 Å². The first-order chi connectivity index (χ1) is 37.5. The van der Waals surface area contributed by atoms with E-state index in [-0.39, 0.29) is 37.6 Å². The number of rotatable bonds is 65. The van der Waals surface area contributed by atoms with Gasteiger partial charge in [0.05, 0.1) is 19.7 Å². The summed E-state index contributed by atoms with van der Waals surface area (Å²) >= 11 is 0. The molecule has 0 fully saturated rings. The quantitative estimate of drug-likeness (QED) is 0.0446. The predicted molar refractivity (Wildman–Crippen MR) is 329 cm³/mol. The van der Waals surface area contributed by atoms with Crippen LogP contribution >= 0.6 is 0 Å². The van der Waals surface area contributed by atoms with Crippen LogP contribution in [0.1, 0.15) is 387 Å². The SMILES string of the molecule is CCCCCCCCCCCCCCCCOCC(CN(CCOC(=O)CCCCCCCCCCCCCCC)C(=O)CCCCCCCCCCCCCCC)OC(=O)CCCCCCCCCCCCCCC. The summed E-state index contributed by atoms with van der Waals surface area (Å²) in [7, 11) is 0. The van der Waals surface area contributed by atoms with Gasteiger partial charge in [-0.1, -0.05) is 342 Å². The van der Waals surface area contributed by atoms with Crippen molar-refractivity contribution in [2.45, 2.75) is 393 Å². The van der Waals surface area contributed by atoms with E-state index in [4.69, 9.17) is 14.2 Å².